The standard InChI is InChI=1S/C12H10BrClN2OS/c13-8-1-3-10(16-6-8)7-18(17)12-4-2-9(15)5-11(12)14/h1-6H,7,15H2. The summed E-state index contributed by atoms with van der Waals surface area (Å²) in [6.07, 6.45) is 1.68. The summed E-state index contributed by atoms with van der Waals surface area (Å²) in [5, 5.41) is 0.422. The first kappa shape index (κ1) is 13.5. The molecule has 18 heavy (non-hydrogen) atoms. The molecule has 0 fully saturated rings. The summed E-state index contributed by atoms with van der Waals surface area (Å²) < 4.78 is 13.1. The maximum Gasteiger partial charge on any atom is 0.0706 e. The molecule has 94 valence electrons. The molecule has 0 bridgehead atoms. The van der Waals surface area contributed by atoms with Crippen LogP contribution in [0.3, 0.4) is 0 Å². The average Bonchev–Trinajstić information content (AvgIpc) is 2.32. The van der Waals surface area contributed by atoms with Gasteiger partial charge in [0.15, 0.2) is 0 Å². The van der Waals surface area contributed by atoms with Gasteiger partial charge in [-0.25, -0.2) is 0 Å². The van der Waals surface area contributed by atoms with Gasteiger partial charge in [-0.15, -0.1) is 0 Å². The molecule has 1 heterocycles. The Morgan fingerprint density at radius 1 is 1.33 bits per heavy atom. The minimum atomic E-state index is -1.23. The van der Waals surface area contributed by atoms with Gasteiger partial charge in [0.1, 0.15) is 0 Å². The topological polar surface area (TPSA) is 56.0 Å². The SMILES string of the molecule is Nc1ccc(S(=O)Cc2ccc(Br)cn2)c(Cl)c1. The highest BCUT2D eigenvalue weighted by Crippen LogP contribution is 2.24. The lowest BCUT2D eigenvalue weighted by atomic mass is 10.3. The van der Waals surface area contributed by atoms with E-state index in [0.717, 1.165) is 10.2 Å². The number of benzene rings is 1. The smallest absolute Gasteiger partial charge is 0.0706 e. The summed E-state index contributed by atoms with van der Waals surface area (Å²) in [4.78, 5) is 4.76. The Morgan fingerprint density at radius 3 is 2.72 bits per heavy atom. The molecule has 0 amide bonds. The van der Waals surface area contributed by atoms with Gasteiger partial charge in [-0.2, -0.15) is 0 Å². The minimum Gasteiger partial charge on any atom is -0.399 e. The van der Waals surface area contributed by atoms with Gasteiger partial charge in [0.25, 0.3) is 0 Å². The van der Waals surface area contributed by atoms with Gasteiger partial charge >= 0.3 is 0 Å². The predicted octanol–water partition coefficient (Wildman–Crippen LogP) is 3.39. The Morgan fingerprint density at radius 2 is 2.11 bits per heavy atom. The molecule has 6 heteroatoms. The maximum absolute atomic E-state index is 12.2. The number of rotatable bonds is 3. The summed E-state index contributed by atoms with van der Waals surface area (Å²) in [5.41, 5.74) is 6.91. The zero-order valence-electron chi connectivity index (χ0n) is 9.27. The lowest BCUT2D eigenvalue weighted by Gasteiger charge is -2.05. The van der Waals surface area contributed by atoms with Crippen molar-refractivity contribution in [3.8, 4) is 0 Å². The van der Waals surface area contributed by atoms with E-state index in [-0.39, 0.29) is 0 Å². The van der Waals surface area contributed by atoms with Gasteiger partial charge in [0, 0.05) is 16.4 Å². The van der Waals surface area contributed by atoms with Crippen LogP contribution in [0.15, 0.2) is 45.9 Å². The first-order valence-electron chi connectivity index (χ1n) is 5.10. The van der Waals surface area contributed by atoms with E-state index >= 15 is 0 Å². The number of hydrogen-bond acceptors (Lipinski definition) is 3. The molecule has 0 saturated heterocycles. The third-order valence-corrected chi connectivity index (χ3v) is 4.57. The Hall–Kier alpha value is -0.910. The Labute approximate surface area is 121 Å². The first-order chi connectivity index (χ1) is 8.56. The minimum absolute atomic E-state index is 0.330. The molecule has 0 saturated carbocycles. The molecule has 0 radical (unpaired) electrons. The fraction of sp³-hybridized carbons (Fsp3) is 0.0833. The molecule has 1 aromatic heterocycles. The van der Waals surface area contributed by atoms with Crippen LogP contribution in [-0.2, 0) is 16.6 Å². The van der Waals surface area contributed by atoms with Gasteiger partial charge in [-0.3, -0.25) is 9.19 Å². The number of anilines is 1. The Balaban J connectivity index is 2.19. The number of nitrogen functional groups attached to an aromatic ring is 1. The highest BCUT2D eigenvalue weighted by atomic mass is 79.9. The molecule has 0 aliphatic rings. The largest absolute Gasteiger partial charge is 0.399 e. The zero-order valence-corrected chi connectivity index (χ0v) is 12.4. The Kier molecular flexibility index (Phi) is 4.37. The van der Waals surface area contributed by atoms with Gasteiger partial charge in [0.05, 0.1) is 32.2 Å². The van der Waals surface area contributed by atoms with Crippen molar-refractivity contribution >= 4 is 44.0 Å². The average molecular weight is 346 g/mol. The van der Waals surface area contributed by atoms with Crippen molar-refractivity contribution in [3.63, 3.8) is 0 Å². The van der Waals surface area contributed by atoms with E-state index in [1.165, 1.54) is 0 Å². The van der Waals surface area contributed by atoms with E-state index in [2.05, 4.69) is 20.9 Å². The maximum atomic E-state index is 12.2. The van der Waals surface area contributed by atoms with Gasteiger partial charge < -0.3 is 5.73 Å². The fourth-order valence-corrected chi connectivity index (χ4v) is 3.18. The van der Waals surface area contributed by atoms with E-state index < -0.39 is 10.8 Å². The summed E-state index contributed by atoms with van der Waals surface area (Å²) in [7, 11) is -1.23. The van der Waals surface area contributed by atoms with E-state index in [1.807, 2.05) is 12.1 Å². The van der Waals surface area contributed by atoms with Gasteiger partial charge in [-0.05, 0) is 46.3 Å². The van der Waals surface area contributed by atoms with Gasteiger partial charge in [-0.1, -0.05) is 11.6 Å². The van der Waals surface area contributed by atoms with E-state index in [4.69, 9.17) is 17.3 Å². The van der Waals surface area contributed by atoms with Crippen molar-refractivity contribution in [3.05, 3.63) is 51.7 Å². The van der Waals surface area contributed by atoms with E-state index in [0.29, 0.717) is 21.4 Å². The lowest BCUT2D eigenvalue weighted by Crippen LogP contribution is -2.00. The molecule has 2 aromatic rings. The third kappa shape index (κ3) is 3.31. The molecule has 0 aliphatic heterocycles. The van der Waals surface area contributed by atoms with Crippen LogP contribution in [0.25, 0.3) is 0 Å². The highest BCUT2D eigenvalue weighted by molar-refractivity contribution is 9.10. The zero-order chi connectivity index (χ0) is 13.1. The summed E-state index contributed by atoms with van der Waals surface area (Å²) in [5.74, 6) is 0.330. The normalized spacial score (nSPS) is 12.3. The highest BCUT2D eigenvalue weighted by Gasteiger charge is 2.10. The predicted molar refractivity (Wildman–Crippen MR) is 77.9 cm³/mol. The molecule has 0 spiro atoms. The Bertz CT molecular complexity index is 589. The second-order valence-corrected chi connectivity index (χ2v) is 6.39. The number of halogens is 2. The summed E-state index contributed by atoms with van der Waals surface area (Å²) in [6.45, 7) is 0. The molecule has 2 N–H and O–H groups in total. The van der Waals surface area contributed by atoms with Crippen molar-refractivity contribution in [1.82, 2.24) is 4.98 Å². The van der Waals surface area contributed by atoms with Crippen LogP contribution in [0.2, 0.25) is 5.02 Å². The fourth-order valence-electron chi connectivity index (χ4n) is 1.41. The van der Waals surface area contributed by atoms with Crippen LogP contribution < -0.4 is 5.73 Å². The van der Waals surface area contributed by atoms with Crippen molar-refractivity contribution in [2.24, 2.45) is 0 Å². The number of hydrogen-bond donors (Lipinski definition) is 1. The van der Waals surface area contributed by atoms with Crippen molar-refractivity contribution in [2.75, 3.05) is 5.73 Å². The van der Waals surface area contributed by atoms with Crippen LogP contribution >= 0.6 is 27.5 Å². The van der Waals surface area contributed by atoms with E-state index in [1.54, 1.807) is 24.4 Å². The number of nitrogens with two attached hydrogens (primary N) is 1. The summed E-state index contributed by atoms with van der Waals surface area (Å²) in [6, 6.07) is 8.67. The van der Waals surface area contributed by atoms with Crippen molar-refractivity contribution < 1.29 is 4.21 Å². The monoisotopic (exact) mass is 344 g/mol. The third-order valence-electron chi connectivity index (χ3n) is 2.27. The second kappa shape index (κ2) is 5.82. The van der Waals surface area contributed by atoms with Crippen LogP contribution in [-0.4, -0.2) is 9.19 Å². The van der Waals surface area contributed by atoms with Gasteiger partial charge in [0.2, 0.25) is 0 Å². The molecule has 0 aliphatic carbocycles. The molecule has 3 nitrogen and oxygen atoms in total. The molecule has 1 atom stereocenters. The van der Waals surface area contributed by atoms with Crippen LogP contribution in [0.1, 0.15) is 5.69 Å². The van der Waals surface area contributed by atoms with Crippen LogP contribution in [0, 0.1) is 0 Å². The number of nitrogens with zero attached hydrogens (tertiary/aromatic N) is 1. The van der Waals surface area contributed by atoms with Crippen molar-refractivity contribution in [1.29, 1.82) is 0 Å². The van der Waals surface area contributed by atoms with E-state index in [9.17, 15) is 4.21 Å². The quantitative estimate of drug-likeness (QED) is 0.868. The molecule has 1 aromatic carbocycles. The molecule has 2 rings (SSSR count). The number of pyridine rings is 1. The van der Waals surface area contributed by atoms with Crippen molar-refractivity contribution in [2.45, 2.75) is 10.6 Å². The molecule has 1 unspecified atom stereocenters. The molecular formula is C12H10BrClN2OS. The number of aromatic nitrogens is 1. The van der Waals surface area contributed by atoms with Crippen LogP contribution in [0.4, 0.5) is 5.69 Å². The first-order valence-corrected chi connectivity index (χ1v) is 7.59. The molecular weight excluding hydrogens is 336 g/mol. The summed E-state index contributed by atoms with van der Waals surface area (Å²) >= 11 is 9.32. The van der Waals surface area contributed by atoms with Crippen LogP contribution in [0.5, 0.6) is 0 Å². The second-order valence-electron chi connectivity index (χ2n) is 3.65. The lowest BCUT2D eigenvalue weighted by molar-refractivity contribution is 0.682.